The molecule has 1 aromatic carbocycles. The van der Waals surface area contributed by atoms with Gasteiger partial charge in [-0.2, -0.15) is 0 Å². The Morgan fingerprint density at radius 1 is 1.38 bits per heavy atom. The van der Waals surface area contributed by atoms with Gasteiger partial charge in [-0.15, -0.1) is 0 Å². The average molecular weight is 221 g/mol. The van der Waals surface area contributed by atoms with Crippen LogP contribution in [0.2, 0.25) is 0 Å². The lowest BCUT2D eigenvalue weighted by atomic mass is 10.2. The number of carbonyl (C=O) groups excluding carboxylic acids is 2. The second-order valence-electron chi connectivity index (χ2n) is 3.60. The number of hydrogen-bond acceptors (Lipinski definition) is 4. The van der Waals surface area contributed by atoms with Crippen LogP contribution >= 0.6 is 0 Å². The van der Waals surface area contributed by atoms with E-state index in [1.54, 1.807) is 30.1 Å². The van der Waals surface area contributed by atoms with Gasteiger partial charge in [0.05, 0.1) is 19.2 Å². The van der Waals surface area contributed by atoms with Gasteiger partial charge in [-0.3, -0.25) is 4.79 Å². The van der Waals surface area contributed by atoms with Crippen LogP contribution in [-0.2, 0) is 9.53 Å². The van der Waals surface area contributed by atoms with Gasteiger partial charge >= 0.3 is 5.97 Å². The highest BCUT2D eigenvalue weighted by Crippen LogP contribution is 2.15. The molecule has 0 atom stereocenters. The third-order valence-electron chi connectivity index (χ3n) is 2.17. The number of Topliss-reactive ketones (excluding diaryl/α,β-unsaturated/α-hetero) is 1. The zero-order chi connectivity index (χ0) is 12.1. The molecule has 0 aromatic heterocycles. The number of rotatable bonds is 4. The van der Waals surface area contributed by atoms with Gasteiger partial charge in [0.1, 0.15) is 5.78 Å². The largest absolute Gasteiger partial charge is 0.465 e. The smallest absolute Gasteiger partial charge is 0.337 e. The Balaban J connectivity index is 2.89. The van der Waals surface area contributed by atoms with Gasteiger partial charge < -0.3 is 9.64 Å². The molecular formula is C12H15NO3. The topological polar surface area (TPSA) is 46.6 Å². The summed E-state index contributed by atoms with van der Waals surface area (Å²) in [6, 6.07) is 6.99. The van der Waals surface area contributed by atoms with Gasteiger partial charge in [-0.25, -0.2) is 4.79 Å². The van der Waals surface area contributed by atoms with Crippen LogP contribution in [-0.4, -0.2) is 32.5 Å². The molecule has 0 aliphatic carbocycles. The van der Waals surface area contributed by atoms with E-state index in [1.165, 1.54) is 14.0 Å². The van der Waals surface area contributed by atoms with E-state index in [4.69, 9.17) is 0 Å². The van der Waals surface area contributed by atoms with Gasteiger partial charge in [-0.05, 0) is 25.1 Å². The first-order chi connectivity index (χ1) is 7.54. The maximum Gasteiger partial charge on any atom is 0.337 e. The van der Waals surface area contributed by atoms with Crippen LogP contribution in [0.5, 0.6) is 0 Å². The molecule has 1 aromatic rings. The molecule has 1 rings (SSSR count). The number of ether oxygens (including phenoxy) is 1. The Morgan fingerprint density at radius 2 is 2.06 bits per heavy atom. The first-order valence-corrected chi connectivity index (χ1v) is 4.93. The van der Waals surface area contributed by atoms with E-state index in [0.29, 0.717) is 12.1 Å². The van der Waals surface area contributed by atoms with Crippen molar-refractivity contribution < 1.29 is 14.3 Å². The highest BCUT2D eigenvalue weighted by atomic mass is 16.5. The fourth-order valence-electron chi connectivity index (χ4n) is 1.41. The van der Waals surface area contributed by atoms with E-state index in [9.17, 15) is 9.59 Å². The molecule has 0 saturated carbocycles. The molecule has 0 spiro atoms. The van der Waals surface area contributed by atoms with Crippen LogP contribution in [0.4, 0.5) is 5.69 Å². The van der Waals surface area contributed by atoms with Crippen LogP contribution < -0.4 is 4.90 Å². The number of methoxy groups -OCH3 is 1. The maximum atomic E-state index is 11.3. The number of nitrogens with zero attached hydrogens (tertiary/aromatic N) is 1. The minimum atomic E-state index is -0.377. The van der Waals surface area contributed by atoms with Crippen molar-refractivity contribution >= 4 is 17.4 Å². The Bertz CT molecular complexity index is 401. The first-order valence-electron chi connectivity index (χ1n) is 4.93. The molecule has 0 bridgehead atoms. The fraction of sp³-hybridized carbons (Fsp3) is 0.333. The monoisotopic (exact) mass is 221 g/mol. The summed E-state index contributed by atoms with van der Waals surface area (Å²) < 4.78 is 4.63. The maximum absolute atomic E-state index is 11.3. The molecule has 0 aliphatic rings. The summed E-state index contributed by atoms with van der Waals surface area (Å²) in [5.41, 5.74) is 1.30. The number of benzene rings is 1. The zero-order valence-corrected chi connectivity index (χ0v) is 9.69. The summed E-state index contributed by atoms with van der Waals surface area (Å²) in [4.78, 5) is 24.1. The van der Waals surface area contributed by atoms with E-state index < -0.39 is 0 Å². The van der Waals surface area contributed by atoms with Crippen LogP contribution in [0.3, 0.4) is 0 Å². The molecule has 0 unspecified atom stereocenters. The summed E-state index contributed by atoms with van der Waals surface area (Å²) in [5, 5.41) is 0. The van der Waals surface area contributed by atoms with Crippen molar-refractivity contribution in [1.82, 2.24) is 0 Å². The lowest BCUT2D eigenvalue weighted by molar-refractivity contribution is -0.115. The number of carbonyl (C=O) groups is 2. The molecular weight excluding hydrogens is 206 g/mol. The minimum Gasteiger partial charge on any atom is -0.465 e. The number of esters is 1. The quantitative estimate of drug-likeness (QED) is 0.723. The molecule has 4 nitrogen and oxygen atoms in total. The van der Waals surface area contributed by atoms with Gasteiger partial charge in [-0.1, -0.05) is 6.07 Å². The predicted octanol–water partition coefficient (Wildman–Crippen LogP) is 1.50. The molecule has 4 heteroatoms. The Labute approximate surface area is 94.8 Å². The van der Waals surface area contributed by atoms with E-state index in [0.717, 1.165) is 5.69 Å². The first kappa shape index (κ1) is 12.2. The molecule has 16 heavy (non-hydrogen) atoms. The van der Waals surface area contributed by atoms with Crippen molar-refractivity contribution in [3.63, 3.8) is 0 Å². The van der Waals surface area contributed by atoms with Crippen molar-refractivity contribution in [2.75, 3.05) is 25.6 Å². The summed E-state index contributed by atoms with van der Waals surface area (Å²) in [5.74, 6) is -0.302. The van der Waals surface area contributed by atoms with E-state index in [-0.39, 0.29) is 11.8 Å². The molecule has 0 amide bonds. The van der Waals surface area contributed by atoms with Crippen molar-refractivity contribution in [2.45, 2.75) is 6.92 Å². The summed E-state index contributed by atoms with van der Waals surface area (Å²) in [6.45, 7) is 1.85. The highest BCUT2D eigenvalue weighted by Gasteiger charge is 2.08. The number of hydrogen-bond donors (Lipinski definition) is 0. The van der Waals surface area contributed by atoms with Crippen molar-refractivity contribution in [1.29, 1.82) is 0 Å². The third-order valence-corrected chi connectivity index (χ3v) is 2.17. The van der Waals surface area contributed by atoms with Crippen LogP contribution in [0.25, 0.3) is 0 Å². The summed E-state index contributed by atoms with van der Waals surface area (Å²) in [7, 11) is 3.14. The van der Waals surface area contributed by atoms with Crippen LogP contribution in [0.1, 0.15) is 17.3 Å². The van der Waals surface area contributed by atoms with Crippen molar-refractivity contribution in [2.24, 2.45) is 0 Å². The van der Waals surface area contributed by atoms with Crippen LogP contribution in [0.15, 0.2) is 24.3 Å². The Morgan fingerprint density at radius 3 is 2.62 bits per heavy atom. The Hall–Kier alpha value is -1.84. The second kappa shape index (κ2) is 5.30. The van der Waals surface area contributed by atoms with E-state index in [2.05, 4.69) is 4.74 Å². The predicted molar refractivity (Wildman–Crippen MR) is 61.7 cm³/mol. The number of anilines is 1. The fourth-order valence-corrected chi connectivity index (χ4v) is 1.41. The van der Waals surface area contributed by atoms with Crippen LogP contribution in [0, 0.1) is 0 Å². The lowest BCUT2D eigenvalue weighted by Gasteiger charge is -2.17. The SMILES string of the molecule is COC(=O)c1cccc(N(C)CC(C)=O)c1. The number of ketones is 1. The van der Waals surface area contributed by atoms with E-state index >= 15 is 0 Å². The third kappa shape index (κ3) is 3.08. The average Bonchev–Trinajstić information content (AvgIpc) is 2.27. The number of likely N-dealkylation sites (N-methyl/N-ethyl adjacent to an activating group) is 1. The van der Waals surface area contributed by atoms with E-state index in [1.807, 2.05) is 6.07 Å². The standard InChI is InChI=1S/C12H15NO3/c1-9(14)8-13(2)11-6-4-5-10(7-11)12(15)16-3/h4-7H,8H2,1-3H3. The van der Waals surface area contributed by atoms with Gasteiger partial charge in [0.25, 0.3) is 0 Å². The molecule has 0 heterocycles. The van der Waals surface area contributed by atoms with Gasteiger partial charge in [0.2, 0.25) is 0 Å². The summed E-state index contributed by atoms with van der Waals surface area (Å²) >= 11 is 0. The van der Waals surface area contributed by atoms with Gasteiger partial charge in [0.15, 0.2) is 0 Å². The van der Waals surface area contributed by atoms with Gasteiger partial charge in [0, 0.05) is 12.7 Å². The molecule has 0 N–H and O–H groups in total. The molecule has 0 saturated heterocycles. The molecule has 86 valence electrons. The molecule has 0 fully saturated rings. The Kier molecular flexibility index (Phi) is 4.05. The molecule has 0 aliphatic heterocycles. The lowest BCUT2D eigenvalue weighted by Crippen LogP contribution is -2.23. The molecule has 0 radical (unpaired) electrons. The highest BCUT2D eigenvalue weighted by molar-refractivity contribution is 5.90. The minimum absolute atomic E-state index is 0.0750. The van der Waals surface area contributed by atoms with Crippen molar-refractivity contribution in [3.8, 4) is 0 Å². The van der Waals surface area contributed by atoms with Crippen molar-refractivity contribution in [3.05, 3.63) is 29.8 Å². The second-order valence-corrected chi connectivity index (χ2v) is 3.60. The normalized spacial score (nSPS) is 9.69. The summed E-state index contributed by atoms with van der Waals surface area (Å²) in [6.07, 6.45) is 0. The zero-order valence-electron chi connectivity index (χ0n) is 9.69.